The minimum atomic E-state index is -0.393. The van der Waals surface area contributed by atoms with Gasteiger partial charge >= 0.3 is 5.97 Å². The van der Waals surface area contributed by atoms with E-state index in [9.17, 15) is 4.79 Å². The molecule has 0 saturated heterocycles. The summed E-state index contributed by atoms with van der Waals surface area (Å²) in [7, 11) is 1.37. The lowest BCUT2D eigenvalue weighted by atomic mass is 9.97. The Balaban J connectivity index is 1.54. The summed E-state index contributed by atoms with van der Waals surface area (Å²) < 4.78 is 16.9. The number of hydrogen-bond acceptors (Lipinski definition) is 6. The monoisotopic (exact) mass is 388 g/mol. The second kappa shape index (κ2) is 6.81. The van der Waals surface area contributed by atoms with Crippen LogP contribution in [0.3, 0.4) is 0 Å². The van der Waals surface area contributed by atoms with Crippen LogP contribution < -0.4 is 4.74 Å². The van der Waals surface area contributed by atoms with E-state index in [2.05, 4.69) is 6.07 Å². The molecule has 0 aliphatic carbocycles. The highest BCUT2D eigenvalue weighted by Gasteiger charge is 2.41. The Morgan fingerprint density at radius 3 is 2.62 bits per heavy atom. The number of para-hydroxylation sites is 1. The lowest BCUT2D eigenvalue weighted by Crippen LogP contribution is -2.33. The topological polar surface area (TPSA) is 64.3 Å². The Bertz CT molecular complexity index is 1100. The summed E-state index contributed by atoms with van der Waals surface area (Å²) >= 11 is 0. The minimum Gasteiger partial charge on any atom is -0.465 e. The van der Waals surface area contributed by atoms with Crippen molar-refractivity contribution >= 4 is 11.7 Å². The highest BCUT2D eigenvalue weighted by Crippen LogP contribution is 2.47. The molecule has 0 radical (unpaired) electrons. The van der Waals surface area contributed by atoms with E-state index >= 15 is 0 Å². The second-order valence-corrected chi connectivity index (χ2v) is 7.18. The number of furan rings is 1. The van der Waals surface area contributed by atoms with Crippen molar-refractivity contribution in [2.24, 2.45) is 5.10 Å². The van der Waals surface area contributed by atoms with Gasteiger partial charge in [-0.1, -0.05) is 30.3 Å². The molecule has 2 aromatic carbocycles. The molecule has 0 fully saturated rings. The highest BCUT2D eigenvalue weighted by atomic mass is 16.5. The molecule has 3 aromatic rings. The van der Waals surface area contributed by atoms with E-state index in [-0.39, 0.29) is 12.0 Å². The van der Waals surface area contributed by atoms with E-state index in [1.807, 2.05) is 54.4 Å². The lowest BCUT2D eigenvalue weighted by molar-refractivity contribution is -0.0190. The van der Waals surface area contributed by atoms with Gasteiger partial charge in [-0.05, 0) is 37.3 Å². The molecule has 146 valence electrons. The van der Waals surface area contributed by atoms with Crippen LogP contribution in [-0.4, -0.2) is 23.8 Å². The first-order valence-corrected chi connectivity index (χ1v) is 9.50. The summed E-state index contributed by atoms with van der Waals surface area (Å²) in [6.07, 6.45) is 0.347. The van der Waals surface area contributed by atoms with Crippen LogP contribution in [0.25, 0.3) is 0 Å². The van der Waals surface area contributed by atoms with Gasteiger partial charge in [0.15, 0.2) is 0 Å². The molecular weight excluding hydrogens is 368 g/mol. The number of carbonyl (C=O) groups excluding carboxylic acids is 1. The SMILES string of the molecule is COC(=O)c1ccc([C@H]2Oc3ccccc3[C@@H]3CC(c4ccc(C)o4)=NN23)cc1. The van der Waals surface area contributed by atoms with E-state index in [0.29, 0.717) is 5.56 Å². The normalized spacial score (nSPS) is 19.8. The third kappa shape index (κ3) is 2.97. The van der Waals surface area contributed by atoms with Crippen LogP contribution in [0.1, 0.15) is 51.7 Å². The van der Waals surface area contributed by atoms with Gasteiger partial charge in [0.05, 0.1) is 18.7 Å². The van der Waals surface area contributed by atoms with Gasteiger partial charge in [0.1, 0.15) is 23.0 Å². The molecule has 0 saturated carbocycles. The van der Waals surface area contributed by atoms with Crippen LogP contribution >= 0.6 is 0 Å². The summed E-state index contributed by atoms with van der Waals surface area (Å²) in [6, 6.07) is 19.3. The van der Waals surface area contributed by atoms with Crippen molar-refractivity contribution in [3.8, 4) is 5.75 Å². The molecule has 6 nitrogen and oxygen atoms in total. The molecule has 5 rings (SSSR count). The van der Waals surface area contributed by atoms with E-state index in [1.54, 1.807) is 12.1 Å². The van der Waals surface area contributed by atoms with Crippen LogP contribution in [-0.2, 0) is 4.74 Å². The standard InChI is InChI=1S/C23H20N2O4/c1-14-7-12-21(28-14)18-13-19-17-5-3-4-6-20(17)29-22(25(19)24-18)15-8-10-16(11-9-15)23(26)27-2/h3-12,19,22H,13H2,1-2H3/t19-,22+/m0/s1. The zero-order valence-corrected chi connectivity index (χ0v) is 16.2. The molecule has 0 bridgehead atoms. The fourth-order valence-corrected chi connectivity index (χ4v) is 3.89. The summed E-state index contributed by atoms with van der Waals surface area (Å²) in [5.74, 6) is 2.13. The Labute approximate surface area is 168 Å². The number of nitrogens with zero attached hydrogens (tertiary/aromatic N) is 2. The van der Waals surface area contributed by atoms with Crippen molar-refractivity contribution in [3.05, 3.63) is 88.9 Å². The van der Waals surface area contributed by atoms with E-state index < -0.39 is 6.23 Å². The van der Waals surface area contributed by atoms with E-state index in [1.165, 1.54) is 7.11 Å². The summed E-state index contributed by atoms with van der Waals surface area (Å²) in [5.41, 5.74) is 3.43. The van der Waals surface area contributed by atoms with Gasteiger partial charge in [-0.15, -0.1) is 0 Å². The Morgan fingerprint density at radius 2 is 1.90 bits per heavy atom. The number of methoxy groups -OCH3 is 1. The van der Waals surface area contributed by atoms with Crippen LogP contribution in [0.4, 0.5) is 0 Å². The number of carbonyl (C=O) groups is 1. The molecule has 0 unspecified atom stereocenters. The van der Waals surface area contributed by atoms with E-state index in [0.717, 1.165) is 40.5 Å². The third-order valence-corrected chi connectivity index (χ3v) is 5.34. The van der Waals surface area contributed by atoms with Gasteiger partial charge in [-0.2, -0.15) is 5.10 Å². The average molecular weight is 388 g/mol. The fourth-order valence-electron chi connectivity index (χ4n) is 3.89. The van der Waals surface area contributed by atoms with Crippen LogP contribution in [0.5, 0.6) is 5.75 Å². The molecule has 0 N–H and O–H groups in total. The first-order valence-electron chi connectivity index (χ1n) is 9.50. The van der Waals surface area contributed by atoms with Crippen LogP contribution in [0.15, 0.2) is 70.2 Å². The summed E-state index contributed by atoms with van der Waals surface area (Å²) in [5, 5.41) is 6.85. The van der Waals surface area contributed by atoms with E-state index in [4.69, 9.17) is 19.0 Å². The highest BCUT2D eigenvalue weighted by molar-refractivity contribution is 5.99. The molecule has 2 aliphatic heterocycles. The minimum absolute atomic E-state index is 0.0608. The first-order chi connectivity index (χ1) is 14.1. The number of hydrazone groups is 1. The van der Waals surface area contributed by atoms with Gasteiger partial charge in [-0.3, -0.25) is 0 Å². The maximum atomic E-state index is 11.8. The maximum absolute atomic E-state index is 11.8. The zero-order valence-electron chi connectivity index (χ0n) is 16.2. The quantitative estimate of drug-likeness (QED) is 0.613. The Morgan fingerprint density at radius 1 is 1.10 bits per heavy atom. The van der Waals surface area contributed by atoms with Gasteiger partial charge in [0, 0.05) is 17.5 Å². The number of benzene rings is 2. The number of aryl methyl sites for hydroxylation is 1. The van der Waals surface area contributed by atoms with Crippen LogP contribution in [0.2, 0.25) is 0 Å². The molecule has 0 spiro atoms. The molecule has 29 heavy (non-hydrogen) atoms. The first kappa shape index (κ1) is 17.6. The van der Waals surface area contributed by atoms with Crippen molar-refractivity contribution < 1.29 is 18.7 Å². The summed E-state index contributed by atoms with van der Waals surface area (Å²) in [6.45, 7) is 1.93. The average Bonchev–Trinajstić information content (AvgIpc) is 3.39. The predicted octanol–water partition coefficient (Wildman–Crippen LogP) is 4.62. The third-order valence-electron chi connectivity index (χ3n) is 5.34. The number of fused-ring (bicyclic) bond motifs is 3. The number of esters is 1. The predicted molar refractivity (Wildman–Crippen MR) is 107 cm³/mol. The molecule has 0 amide bonds. The largest absolute Gasteiger partial charge is 0.465 e. The molecular formula is C23H20N2O4. The molecule has 6 heteroatoms. The van der Waals surface area contributed by atoms with Gasteiger partial charge in [0.25, 0.3) is 0 Å². The van der Waals surface area contributed by atoms with Crippen molar-refractivity contribution in [2.75, 3.05) is 7.11 Å². The number of rotatable bonds is 3. The second-order valence-electron chi connectivity index (χ2n) is 7.18. The van der Waals surface area contributed by atoms with Crippen molar-refractivity contribution in [3.63, 3.8) is 0 Å². The van der Waals surface area contributed by atoms with Gasteiger partial charge in [-0.25, -0.2) is 9.80 Å². The lowest BCUT2D eigenvalue weighted by Gasteiger charge is -2.38. The molecule has 1 aromatic heterocycles. The van der Waals surface area contributed by atoms with Crippen molar-refractivity contribution in [1.29, 1.82) is 0 Å². The Kier molecular flexibility index (Phi) is 4.12. The summed E-state index contributed by atoms with van der Waals surface area (Å²) in [4.78, 5) is 11.8. The van der Waals surface area contributed by atoms with Crippen molar-refractivity contribution in [2.45, 2.75) is 25.6 Å². The molecule has 2 aliphatic rings. The fraction of sp³-hybridized carbons (Fsp3) is 0.217. The molecule has 2 atom stereocenters. The van der Waals surface area contributed by atoms with Gasteiger partial charge < -0.3 is 13.9 Å². The molecule has 3 heterocycles. The maximum Gasteiger partial charge on any atom is 0.337 e. The number of ether oxygens (including phenoxy) is 2. The van der Waals surface area contributed by atoms with Gasteiger partial charge in [0.2, 0.25) is 6.23 Å². The Hall–Kier alpha value is -3.54. The van der Waals surface area contributed by atoms with Crippen molar-refractivity contribution in [1.82, 2.24) is 5.01 Å². The number of hydrogen-bond donors (Lipinski definition) is 0. The zero-order chi connectivity index (χ0) is 20.0. The smallest absolute Gasteiger partial charge is 0.337 e. The van der Waals surface area contributed by atoms with Crippen LogP contribution in [0, 0.1) is 6.92 Å².